The fourth-order valence-corrected chi connectivity index (χ4v) is 9.66. The van der Waals surface area contributed by atoms with E-state index in [1.54, 1.807) is 0 Å². The monoisotopic (exact) mass is 804 g/mol. The van der Waals surface area contributed by atoms with E-state index in [-0.39, 0.29) is 0 Å². The van der Waals surface area contributed by atoms with Crippen molar-refractivity contribution < 1.29 is 0 Å². The molecule has 0 saturated carbocycles. The van der Waals surface area contributed by atoms with Crippen LogP contribution >= 0.6 is 0 Å². The van der Waals surface area contributed by atoms with Gasteiger partial charge in [-0.15, -0.1) is 0 Å². The molecule has 0 N–H and O–H groups in total. The molecule has 7 aromatic carbocycles. The maximum Gasteiger partial charge on any atom is 0.0539 e. The highest BCUT2D eigenvalue weighted by Crippen LogP contribution is 2.42. The lowest BCUT2D eigenvalue weighted by molar-refractivity contribution is 0.773. The van der Waals surface area contributed by atoms with Gasteiger partial charge >= 0.3 is 0 Å². The first-order chi connectivity index (χ1) is 30.4. The van der Waals surface area contributed by atoms with Gasteiger partial charge in [0.25, 0.3) is 0 Å². The van der Waals surface area contributed by atoms with Crippen molar-refractivity contribution >= 4 is 34.0 Å². The Hall–Kier alpha value is -6.90. The predicted octanol–water partition coefficient (Wildman–Crippen LogP) is 16.8. The van der Waals surface area contributed by atoms with E-state index in [9.17, 15) is 0 Å². The van der Waals surface area contributed by atoms with E-state index in [1.165, 1.54) is 106 Å². The molecule has 1 atom stereocenters. The molecule has 0 aliphatic heterocycles. The Balaban J connectivity index is 0.000000259. The molecule has 2 aliphatic rings. The summed E-state index contributed by atoms with van der Waals surface area (Å²) < 4.78 is 5.03. The van der Waals surface area contributed by atoms with Gasteiger partial charge in [-0.3, -0.25) is 0 Å². The summed E-state index contributed by atoms with van der Waals surface area (Å²) in [6, 6.07) is 61.7. The number of benzene rings is 7. The number of hydrogen-bond donors (Lipinski definition) is 0. The zero-order chi connectivity index (χ0) is 42.7. The van der Waals surface area contributed by atoms with E-state index < -0.39 is 0 Å². The van der Waals surface area contributed by atoms with E-state index >= 15 is 0 Å². The van der Waals surface area contributed by atoms with Crippen LogP contribution in [0.15, 0.2) is 182 Å². The average Bonchev–Trinajstić information content (AvgIpc) is 3.83. The molecule has 0 radical (unpaired) electrons. The van der Waals surface area contributed by atoms with Crippen molar-refractivity contribution in [2.75, 3.05) is 0 Å². The number of para-hydroxylation sites is 1. The van der Waals surface area contributed by atoms with E-state index in [1.807, 2.05) is 13.8 Å². The Bertz CT molecular complexity index is 3000. The largest absolute Gasteiger partial charge is 0.313 e. The van der Waals surface area contributed by atoms with Crippen molar-refractivity contribution in [3.05, 3.63) is 215 Å². The van der Waals surface area contributed by atoms with Crippen molar-refractivity contribution in [1.82, 2.24) is 9.13 Å². The van der Waals surface area contributed by atoms with E-state index in [0.717, 1.165) is 19.3 Å². The first-order valence-corrected chi connectivity index (χ1v) is 22.5. The highest BCUT2D eigenvalue weighted by Gasteiger charge is 2.25. The molecule has 2 nitrogen and oxygen atoms in total. The maximum absolute atomic E-state index is 2.54. The van der Waals surface area contributed by atoms with Crippen molar-refractivity contribution in [1.29, 1.82) is 0 Å². The maximum atomic E-state index is 2.54. The zero-order valence-electron chi connectivity index (χ0n) is 37.0. The average molecular weight is 805 g/mol. The second-order valence-electron chi connectivity index (χ2n) is 16.7. The minimum atomic E-state index is 0.505. The quantitative estimate of drug-likeness (QED) is 0.164. The number of hydrogen-bond acceptors (Lipinski definition) is 0. The van der Waals surface area contributed by atoms with Gasteiger partial charge < -0.3 is 9.13 Å². The molecule has 2 heteroatoms. The van der Waals surface area contributed by atoms with Crippen molar-refractivity contribution in [3.63, 3.8) is 0 Å². The number of allylic oxidation sites excluding steroid dienone is 2. The number of aryl methyl sites for hydroxylation is 2. The van der Waals surface area contributed by atoms with Gasteiger partial charge in [0.05, 0.1) is 11.0 Å². The smallest absolute Gasteiger partial charge is 0.0539 e. The molecule has 9 aromatic rings. The summed E-state index contributed by atoms with van der Waals surface area (Å²) in [5.41, 5.74) is 22.3. The molecule has 1 unspecified atom stereocenters. The summed E-state index contributed by atoms with van der Waals surface area (Å²) in [6.07, 6.45) is 10.3. The van der Waals surface area contributed by atoms with Crippen LogP contribution in [0.1, 0.15) is 80.1 Å². The number of aromatic nitrogens is 2. The first kappa shape index (κ1) is 40.5. The first-order valence-electron chi connectivity index (χ1n) is 22.5. The molecule has 0 fully saturated rings. The molecule has 0 saturated heterocycles. The van der Waals surface area contributed by atoms with Crippen LogP contribution in [0.2, 0.25) is 0 Å². The van der Waals surface area contributed by atoms with Crippen LogP contribution < -0.4 is 0 Å². The summed E-state index contributed by atoms with van der Waals surface area (Å²) in [6.45, 7) is 12.9. The van der Waals surface area contributed by atoms with E-state index in [4.69, 9.17) is 0 Å². The van der Waals surface area contributed by atoms with Crippen molar-refractivity contribution in [3.8, 4) is 44.8 Å². The fourth-order valence-electron chi connectivity index (χ4n) is 9.66. The molecule has 11 rings (SSSR count). The summed E-state index contributed by atoms with van der Waals surface area (Å²) in [4.78, 5) is 0. The Kier molecular flexibility index (Phi) is 11.5. The van der Waals surface area contributed by atoms with Gasteiger partial charge in [0, 0.05) is 39.1 Å². The lowest BCUT2D eigenvalue weighted by atomic mass is 9.91. The highest BCUT2D eigenvalue weighted by atomic mass is 15.0. The second-order valence-corrected chi connectivity index (χ2v) is 16.7. The van der Waals surface area contributed by atoms with Gasteiger partial charge in [-0.25, -0.2) is 0 Å². The van der Waals surface area contributed by atoms with Gasteiger partial charge in [-0.1, -0.05) is 166 Å². The molecular formula is C60H56N2. The zero-order valence-corrected chi connectivity index (χ0v) is 37.0. The van der Waals surface area contributed by atoms with Crippen molar-refractivity contribution in [2.45, 2.75) is 66.7 Å². The SMILES string of the molecule is CC.CC1=Cc2c(n(-c3cc(-c4ccccc4)cc(-c4ccccc4)c3)c3ccc(-n4c5c(c6ccccc64)C(C)CC=C5)cc23)CC1.Cc1ccccc1-c1ccccc1C. The summed E-state index contributed by atoms with van der Waals surface area (Å²) >= 11 is 0. The van der Waals surface area contributed by atoms with Crippen LogP contribution in [0.5, 0.6) is 0 Å². The van der Waals surface area contributed by atoms with Gasteiger partial charge in [0.2, 0.25) is 0 Å². The normalized spacial score (nSPS) is 14.0. The Morgan fingerprint density at radius 1 is 0.484 bits per heavy atom. The number of nitrogens with zero attached hydrogens (tertiary/aromatic N) is 2. The fraction of sp³-hybridized carbons (Fsp3) is 0.167. The van der Waals surface area contributed by atoms with Gasteiger partial charge in [-0.2, -0.15) is 0 Å². The topological polar surface area (TPSA) is 9.86 Å². The Morgan fingerprint density at radius 2 is 1.05 bits per heavy atom. The summed E-state index contributed by atoms with van der Waals surface area (Å²) in [5, 5.41) is 2.69. The molecule has 0 bridgehead atoms. The van der Waals surface area contributed by atoms with Gasteiger partial charge in [0.15, 0.2) is 0 Å². The molecule has 306 valence electrons. The Labute approximate surface area is 368 Å². The van der Waals surface area contributed by atoms with Gasteiger partial charge in [-0.05, 0) is 145 Å². The minimum Gasteiger partial charge on any atom is -0.313 e. The van der Waals surface area contributed by atoms with Crippen LogP contribution in [-0.2, 0) is 6.42 Å². The second kappa shape index (κ2) is 17.6. The van der Waals surface area contributed by atoms with Crippen LogP contribution in [0.3, 0.4) is 0 Å². The molecule has 2 aromatic heterocycles. The molecule has 2 aliphatic carbocycles. The minimum absolute atomic E-state index is 0.505. The van der Waals surface area contributed by atoms with Crippen LogP contribution in [0.4, 0.5) is 0 Å². The predicted molar refractivity (Wildman–Crippen MR) is 268 cm³/mol. The lowest BCUT2D eigenvalue weighted by Gasteiger charge is -2.18. The molecule has 0 amide bonds. The third-order valence-corrected chi connectivity index (χ3v) is 12.7. The van der Waals surface area contributed by atoms with E-state index in [0.29, 0.717) is 5.92 Å². The Morgan fingerprint density at radius 3 is 1.68 bits per heavy atom. The summed E-state index contributed by atoms with van der Waals surface area (Å²) in [5.74, 6) is 0.505. The summed E-state index contributed by atoms with van der Waals surface area (Å²) in [7, 11) is 0. The lowest BCUT2D eigenvalue weighted by Crippen LogP contribution is -2.05. The van der Waals surface area contributed by atoms with Crippen LogP contribution in [-0.4, -0.2) is 9.13 Å². The van der Waals surface area contributed by atoms with Gasteiger partial charge in [0.1, 0.15) is 0 Å². The standard InChI is InChI=1S/C44H36N2.C14H14.C2H6/c1-29-20-22-41-38(24-29)39-28-35(45-40-18-10-9-17-37(40)44-30(2)12-11-19-43(44)45)21-23-42(39)46(41)36-26-33(31-13-5-3-6-14-31)25-34(27-36)32-15-7-4-8-16-32;1-11-7-3-5-9-13(11)14-10-6-4-8-12(14)2;1-2/h3-11,13-19,21,23-28,30H,12,20,22H2,1-2H3;3-10H,1-2H3;1-2H3. The number of fused-ring (bicyclic) bond motifs is 6. The highest BCUT2D eigenvalue weighted by molar-refractivity contribution is 5.97. The molecule has 2 heterocycles. The third kappa shape index (κ3) is 7.56. The molecule has 0 spiro atoms. The molecule has 62 heavy (non-hydrogen) atoms. The number of rotatable bonds is 5. The van der Waals surface area contributed by atoms with E-state index in [2.05, 4.69) is 225 Å². The van der Waals surface area contributed by atoms with Crippen LogP contribution in [0, 0.1) is 13.8 Å². The molecular weight excluding hydrogens is 749 g/mol. The third-order valence-electron chi connectivity index (χ3n) is 12.7. The van der Waals surface area contributed by atoms with Crippen LogP contribution in [0.25, 0.3) is 78.7 Å². The van der Waals surface area contributed by atoms with Crippen molar-refractivity contribution in [2.24, 2.45) is 0 Å².